The molecule has 0 saturated heterocycles. The van der Waals surface area contributed by atoms with Crippen LogP contribution in [0.2, 0.25) is 0 Å². The van der Waals surface area contributed by atoms with Gasteiger partial charge in [-0.2, -0.15) is 0 Å². The molecule has 0 saturated carbocycles. The fourth-order valence-electron chi connectivity index (χ4n) is 3.13. The van der Waals surface area contributed by atoms with Gasteiger partial charge < -0.3 is 24.8 Å². The Kier molecular flexibility index (Phi) is 6.80. The van der Waals surface area contributed by atoms with Crippen molar-refractivity contribution in [3.8, 4) is 17.2 Å². The Hall–Kier alpha value is -3.67. The van der Waals surface area contributed by atoms with E-state index in [0.29, 0.717) is 29.4 Å². The summed E-state index contributed by atoms with van der Waals surface area (Å²) in [5.74, 6) is 1.58. The van der Waals surface area contributed by atoms with Gasteiger partial charge in [-0.05, 0) is 54.4 Å². The average Bonchev–Trinajstić information content (AvgIpc) is 2.78. The van der Waals surface area contributed by atoms with Crippen LogP contribution in [-0.4, -0.2) is 27.2 Å². The molecule has 0 aliphatic carbocycles. The average molecular weight is 406 g/mol. The van der Waals surface area contributed by atoms with Crippen molar-refractivity contribution in [2.45, 2.75) is 13.5 Å². The van der Waals surface area contributed by atoms with Gasteiger partial charge in [0.15, 0.2) is 11.5 Å². The van der Waals surface area contributed by atoms with Crippen LogP contribution >= 0.6 is 0 Å². The molecule has 6 nitrogen and oxygen atoms in total. The standard InChI is InChI=1S/C24H26N2O4/c1-16-10-11-19(20(12-16)26-24(27)18-8-6-5-7-9-18)25-15-17-13-21(28-2)23(30-4)22(14-17)29-3/h5-14,25H,15H2,1-4H3,(H,26,27). The molecule has 30 heavy (non-hydrogen) atoms. The maximum Gasteiger partial charge on any atom is 0.255 e. The Balaban J connectivity index is 1.81. The molecular formula is C24H26N2O4. The van der Waals surface area contributed by atoms with Crippen LogP contribution in [0.5, 0.6) is 17.2 Å². The molecule has 3 aromatic rings. The second-order valence-electron chi connectivity index (χ2n) is 6.76. The lowest BCUT2D eigenvalue weighted by atomic mass is 10.1. The Morgan fingerprint density at radius 1 is 0.833 bits per heavy atom. The third-order valence-electron chi connectivity index (χ3n) is 4.67. The third kappa shape index (κ3) is 4.84. The van der Waals surface area contributed by atoms with Gasteiger partial charge >= 0.3 is 0 Å². The van der Waals surface area contributed by atoms with E-state index < -0.39 is 0 Å². The molecule has 0 aliphatic rings. The number of aryl methyl sites for hydroxylation is 1. The van der Waals surface area contributed by atoms with Crippen molar-refractivity contribution in [2.75, 3.05) is 32.0 Å². The van der Waals surface area contributed by atoms with Gasteiger partial charge in [0.2, 0.25) is 5.75 Å². The van der Waals surface area contributed by atoms with Crippen LogP contribution in [0.4, 0.5) is 11.4 Å². The van der Waals surface area contributed by atoms with Crippen LogP contribution in [0.25, 0.3) is 0 Å². The number of rotatable bonds is 8. The first-order valence-corrected chi connectivity index (χ1v) is 9.55. The van der Waals surface area contributed by atoms with E-state index in [1.54, 1.807) is 33.5 Å². The largest absolute Gasteiger partial charge is 0.493 e. The van der Waals surface area contributed by atoms with Gasteiger partial charge in [0.05, 0.1) is 32.7 Å². The van der Waals surface area contributed by atoms with Crippen molar-refractivity contribution < 1.29 is 19.0 Å². The molecule has 0 aliphatic heterocycles. The number of ether oxygens (including phenoxy) is 3. The summed E-state index contributed by atoms with van der Waals surface area (Å²) >= 11 is 0. The van der Waals surface area contributed by atoms with Gasteiger partial charge in [-0.3, -0.25) is 4.79 Å². The van der Waals surface area contributed by atoms with Crippen molar-refractivity contribution in [3.63, 3.8) is 0 Å². The number of nitrogens with one attached hydrogen (secondary N) is 2. The second-order valence-corrected chi connectivity index (χ2v) is 6.76. The summed E-state index contributed by atoms with van der Waals surface area (Å²) < 4.78 is 16.2. The molecule has 1 amide bonds. The van der Waals surface area contributed by atoms with Crippen molar-refractivity contribution in [2.24, 2.45) is 0 Å². The maximum atomic E-state index is 12.6. The van der Waals surface area contributed by atoms with Crippen LogP contribution in [0.3, 0.4) is 0 Å². The predicted octanol–water partition coefficient (Wildman–Crippen LogP) is 4.89. The lowest BCUT2D eigenvalue weighted by molar-refractivity contribution is 0.102. The Morgan fingerprint density at radius 3 is 2.10 bits per heavy atom. The smallest absolute Gasteiger partial charge is 0.255 e. The molecule has 0 heterocycles. The molecule has 0 radical (unpaired) electrons. The van der Waals surface area contributed by atoms with Gasteiger partial charge in [-0.1, -0.05) is 24.3 Å². The fraction of sp³-hybridized carbons (Fsp3) is 0.208. The molecule has 3 aromatic carbocycles. The first-order valence-electron chi connectivity index (χ1n) is 9.55. The molecule has 0 aromatic heterocycles. The topological polar surface area (TPSA) is 68.8 Å². The number of anilines is 2. The summed E-state index contributed by atoms with van der Waals surface area (Å²) in [6, 6.07) is 18.8. The molecular weight excluding hydrogens is 380 g/mol. The minimum Gasteiger partial charge on any atom is -0.493 e. The van der Waals surface area contributed by atoms with E-state index in [-0.39, 0.29) is 5.91 Å². The highest BCUT2D eigenvalue weighted by Crippen LogP contribution is 2.38. The van der Waals surface area contributed by atoms with Crippen LogP contribution < -0.4 is 24.8 Å². The molecule has 0 unspecified atom stereocenters. The normalized spacial score (nSPS) is 10.3. The van der Waals surface area contributed by atoms with Gasteiger partial charge in [0.1, 0.15) is 0 Å². The van der Waals surface area contributed by atoms with Gasteiger partial charge in [-0.25, -0.2) is 0 Å². The first-order chi connectivity index (χ1) is 14.5. The van der Waals surface area contributed by atoms with Crippen molar-refractivity contribution in [1.82, 2.24) is 0 Å². The van der Waals surface area contributed by atoms with E-state index in [2.05, 4.69) is 10.6 Å². The number of hydrogen-bond donors (Lipinski definition) is 2. The number of carbonyl (C=O) groups is 1. The minimum atomic E-state index is -0.156. The van der Waals surface area contributed by atoms with Crippen molar-refractivity contribution in [3.05, 3.63) is 77.4 Å². The molecule has 6 heteroatoms. The van der Waals surface area contributed by atoms with E-state index in [1.807, 2.05) is 55.5 Å². The van der Waals surface area contributed by atoms with Crippen LogP contribution in [0.1, 0.15) is 21.5 Å². The molecule has 156 valence electrons. The van der Waals surface area contributed by atoms with E-state index >= 15 is 0 Å². The van der Waals surface area contributed by atoms with Crippen LogP contribution in [0, 0.1) is 6.92 Å². The first kappa shape index (κ1) is 21.0. The molecule has 2 N–H and O–H groups in total. The number of hydrogen-bond acceptors (Lipinski definition) is 5. The Labute approximate surface area is 176 Å². The zero-order valence-corrected chi connectivity index (χ0v) is 17.6. The summed E-state index contributed by atoms with van der Waals surface area (Å²) in [7, 11) is 4.75. The van der Waals surface area contributed by atoms with Gasteiger partial charge in [-0.15, -0.1) is 0 Å². The Morgan fingerprint density at radius 2 is 1.50 bits per heavy atom. The van der Waals surface area contributed by atoms with Crippen molar-refractivity contribution >= 4 is 17.3 Å². The lowest BCUT2D eigenvalue weighted by Gasteiger charge is -2.17. The maximum absolute atomic E-state index is 12.6. The Bertz CT molecular complexity index is 994. The minimum absolute atomic E-state index is 0.156. The number of amides is 1. The number of benzene rings is 3. The van der Waals surface area contributed by atoms with Crippen molar-refractivity contribution in [1.29, 1.82) is 0 Å². The quantitative estimate of drug-likeness (QED) is 0.558. The van der Waals surface area contributed by atoms with Crippen LogP contribution in [-0.2, 0) is 6.54 Å². The summed E-state index contributed by atoms with van der Waals surface area (Å²) in [6.07, 6.45) is 0. The molecule has 0 bridgehead atoms. The van der Waals surface area contributed by atoms with E-state index in [0.717, 1.165) is 22.5 Å². The summed E-state index contributed by atoms with van der Waals surface area (Å²) in [5, 5.41) is 6.38. The third-order valence-corrected chi connectivity index (χ3v) is 4.67. The van der Waals surface area contributed by atoms with E-state index in [9.17, 15) is 4.79 Å². The molecule has 0 spiro atoms. The second kappa shape index (κ2) is 9.69. The van der Waals surface area contributed by atoms with Crippen LogP contribution in [0.15, 0.2) is 60.7 Å². The summed E-state index contributed by atoms with van der Waals surface area (Å²) in [5.41, 5.74) is 4.15. The highest BCUT2D eigenvalue weighted by atomic mass is 16.5. The fourth-order valence-corrected chi connectivity index (χ4v) is 3.13. The molecule has 0 fully saturated rings. The van der Waals surface area contributed by atoms with Gasteiger partial charge in [0.25, 0.3) is 5.91 Å². The lowest BCUT2D eigenvalue weighted by Crippen LogP contribution is -2.14. The van der Waals surface area contributed by atoms with E-state index in [4.69, 9.17) is 14.2 Å². The monoisotopic (exact) mass is 406 g/mol. The highest BCUT2D eigenvalue weighted by molar-refractivity contribution is 6.05. The predicted molar refractivity (Wildman–Crippen MR) is 119 cm³/mol. The zero-order valence-electron chi connectivity index (χ0n) is 17.6. The highest BCUT2D eigenvalue weighted by Gasteiger charge is 2.14. The summed E-state index contributed by atoms with van der Waals surface area (Å²) in [4.78, 5) is 12.6. The zero-order chi connectivity index (χ0) is 21.5. The number of methoxy groups -OCH3 is 3. The summed E-state index contributed by atoms with van der Waals surface area (Å²) in [6.45, 7) is 2.50. The van der Waals surface area contributed by atoms with Gasteiger partial charge in [0, 0.05) is 12.1 Å². The molecule has 3 rings (SSSR count). The molecule has 0 atom stereocenters. The number of carbonyl (C=O) groups excluding carboxylic acids is 1. The van der Waals surface area contributed by atoms with E-state index in [1.165, 1.54) is 0 Å². The SMILES string of the molecule is COc1cc(CNc2ccc(C)cc2NC(=O)c2ccccc2)cc(OC)c1OC.